The van der Waals surface area contributed by atoms with Crippen LogP contribution in [0.5, 0.6) is 0 Å². The second-order valence-corrected chi connectivity index (χ2v) is 11.8. The van der Waals surface area contributed by atoms with Crippen LogP contribution in [0.15, 0.2) is 0 Å². The van der Waals surface area contributed by atoms with Crippen LogP contribution in [0.2, 0.25) is 0 Å². The maximum absolute atomic E-state index is 9.22. The van der Waals surface area contributed by atoms with Crippen molar-refractivity contribution in [2.45, 2.75) is 142 Å². The lowest BCUT2D eigenvalue weighted by atomic mass is 10.0. The van der Waals surface area contributed by atoms with Gasteiger partial charge in [0.15, 0.2) is 0 Å². The van der Waals surface area contributed by atoms with Gasteiger partial charge in [0.25, 0.3) is 0 Å². The van der Waals surface area contributed by atoms with Crippen LogP contribution >= 0.6 is 0 Å². The van der Waals surface area contributed by atoms with Crippen LogP contribution in [0.4, 0.5) is 0 Å². The Labute approximate surface area is 224 Å². The van der Waals surface area contributed by atoms with Crippen molar-refractivity contribution in [2.24, 2.45) is 5.73 Å². The highest BCUT2D eigenvalue weighted by Gasteiger charge is 2.31. The molecule has 0 radical (unpaired) electrons. The number of rotatable bonds is 23. The molecule has 36 heavy (non-hydrogen) atoms. The third-order valence-electron chi connectivity index (χ3n) is 7.54. The molecule has 0 spiro atoms. The maximum Gasteiger partial charge on any atom is 0.217 e. The largest absolute Gasteiger partial charge is 0.726 e. The highest BCUT2D eigenvalue weighted by Crippen LogP contribution is 2.15. The number of nitrogens with one attached hydrogen (secondary N) is 1. The molecule has 2 atom stereocenters. The predicted octanol–water partition coefficient (Wildman–Crippen LogP) is 5.02. The van der Waals surface area contributed by atoms with Gasteiger partial charge in [0.1, 0.15) is 6.17 Å². The third kappa shape index (κ3) is 22.9. The van der Waals surface area contributed by atoms with E-state index < -0.39 is 10.4 Å². The topological polar surface area (TPSA) is 100 Å². The Bertz CT molecular complexity index is 561. The van der Waals surface area contributed by atoms with Crippen LogP contribution < -0.4 is 10.6 Å². The van der Waals surface area contributed by atoms with Crippen LogP contribution in [0, 0.1) is 0 Å². The van der Waals surface area contributed by atoms with E-state index in [9.17, 15) is 13.0 Å². The molecule has 1 aliphatic rings. The summed E-state index contributed by atoms with van der Waals surface area (Å²) >= 11 is 0. The van der Waals surface area contributed by atoms with E-state index in [0.717, 1.165) is 26.4 Å². The van der Waals surface area contributed by atoms with Crippen LogP contribution in [0.25, 0.3) is 0 Å². The summed E-state index contributed by atoms with van der Waals surface area (Å²) in [6.07, 6.45) is 29.8. The van der Waals surface area contributed by atoms with Gasteiger partial charge in [-0.1, -0.05) is 122 Å². The number of likely N-dealkylation sites (N-methyl/N-ethyl adjacent to an activating group) is 1. The minimum atomic E-state index is -4.41. The average Bonchev–Trinajstić information content (AvgIpc) is 3.19. The summed E-state index contributed by atoms with van der Waals surface area (Å²) in [4.78, 5) is 4.28. The van der Waals surface area contributed by atoms with Gasteiger partial charge in [0.05, 0.1) is 26.7 Å². The molecule has 1 saturated heterocycles. The molecule has 0 amide bonds. The molecule has 1 heterocycles. The van der Waals surface area contributed by atoms with Crippen LogP contribution in [-0.2, 0) is 14.6 Å². The zero-order valence-corrected chi connectivity index (χ0v) is 24.9. The molecule has 0 aromatic carbocycles. The fourth-order valence-electron chi connectivity index (χ4n) is 5.27. The molecule has 1 fully saturated rings. The Morgan fingerprint density at radius 1 is 0.806 bits per heavy atom. The molecule has 0 aromatic rings. The second kappa shape index (κ2) is 25.1. The first-order valence-electron chi connectivity index (χ1n) is 15.1. The fraction of sp³-hybridized carbons (Fsp3) is 1.00. The summed E-state index contributed by atoms with van der Waals surface area (Å²) in [6.45, 7) is 6.82. The molecule has 7 nitrogen and oxygen atoms in total. The Kier molecular flexibility index (Phi) is 24.9. The number of unbranched alkanes of at least 4 members (excludes halogenated alkanes) is 18. The molecule has 1 aliphatic heterocycles. The Morgan fingerprint density at radius 3 is 1.50 bits per heavy atom. The van der Waals surface area contributed by atoms with Crippen molar-refractivity contribution >= 4 is 10.4 Å². The van der Waals surface area contributed by atoms with Crippen LogP contribution in [0.1, 0.15) is 135 Å². The summed E-state index contributed by atoms with van der Waals surface area (Å²) in [5.41, 5.74) is 5.78. The highest BCUT2D eigenvalue weighted by atomic mass is 32.3. The van der Waals surface area contributed by atoms with Crippen molar-refractivity contribution in [3.8, 4) is 0 Å². The Balaban J connectivity index is 0.00000181. The molecular weight excluding hydrogens is 474 g/mol. The minimum Gasteiger partial charge on any atom is -0.726 e. The van der Waals surface area contributed by atoms with Crippen molar-refractivity contribution in [2.75, 3.05) is 40.3 Å². The molecule has 3 N–H and O–H groups in total. The van der Waals surface area contributed by atoms with Gasteiger partial charge in [-0.15, -0.1) is 0 Å². The summed E-state index contributed by atoms with van der Waals surface area (Å²) in [5, 5.41) is 0. The lowest BCUT2D eigenvalue weighted by molar-refractivity contribution is -0.917. The number of quaternary nitrogens is 1. The first-order chi connectivity index (χ1) is 17.4. The van der Waals surface area contributed by atoms with E-state index in [2.05, 4.69) is 23.1 Å². The Hall–Kier alpha value is -0.250. The average molecular weight is 536 g/mol. The van der Waals surface area contributed by atoms with Crippen molar-refractivity contribution < 1.29 is 22.1 Å². The van der Waals surface area contributed by atoms with E-state index in [1.54, 1.807) is 4.90 Å². The molecule has 218 valence electrons. The second-order valence-electron chi connectivity index (χ2n) is 10.7. The number of hydrogen-bond acceptors (Lipinski definition) is 6. The summed E-state index contributed by atoms with van der Waals surface area (Å²) in [7, 11) is -1.31. The summed E-state index contributed by atoms with van der Waals surface area (Å²) in [6, 6.07) is 0. The van der Waals surface area contributed by atoms with Gasteiger partial charge in [0.2, 0.25) is 10.4 Å². The summed E-state index contributed by atoms with van der Waals surface area (Å²) < 4.78 is 31.0. The van der Waals surface area contributed by atoms with E-state index in [4.69, 9.17) is 5.73 Å². The zero-order chi connectivity index (χ0) is 26.9. The van der Waals surface area contributed by atoms with Gasteiger partial charge in [-0.25, -0.2) is 8.42 Å². The molecular formula is C28H61N3O4S. The molecule has 0 aromatic heterocycles. The van der Waals surface area contributed by atoms with Gasteiger partial charge >= 0.3 is 0 Å². The van der Waals surface area contributed by atoms with Crippen molar-refractivity contribution in [1.82, 2.24) is 4.90 Å². The zero-order valence-electron chi connectivity index (χ0n) is 24.1. The number of nitrogens with zero attached hydrogens (tertiary/aromatic N) is 1. The van der Waals surface area contributed by atoms with Crippen molar-refractivity contribution in [3.05, 3.63) is 0 Å². The van der Waals surface area contributed by atoms with Gasteiger partial charge in [-0.05, 0) is 13.5 Å². The SMILES string of the molecule is CCCCCCCCCCCCCCCCCCCCCC1N(C)CC[NH+]1CCN.COS(=O)(=O)[O-]. The van der Waals surface area contributed by atoms with E-state index >= 15 is 0 Å². The monoisotopic (exact) mass is 535 g/mol. The number of nitrogens with two attached hydrogens (primary N) is 1. The Morgan fingerprint density at radius 2 is 1.17 bits per heavy atom. The maximum atomic E-state index is 9.22. The molecule has 8 heteroatoms. The lowest BCUT2D eigenvalue weighted by Gasteiger charge is -2.24. The predicted molar refractivity (Wildman–Crippen MR) is 151 cm³/mol. The van der Waals surface area contributed by atoms with E-state index in [1.807, 2.05) is 0 Å². The molecule has 0 aliphatic carbocycles. The van der Waals surface area contributed by atoms with Crippen LogP contribution in [-0.4, -0.2) is 64.4 Å². The smallest absolute Gasteiger partial charge is 0.217 e. The van der Waals surface area contributed by atoms with Gasteiger partial charge < -0.3 is 15.2 Å². The van der Waals surface area contributed by atoms with Gasteiger partial charge in [0, 0.05) is 13.0 Å². The third-order valence-corrected chi connectivity index (χ3v) is 7.95. The van der Waals surface area contributed by atoms with Gasteiger partial charge in [-0.3, -0.25) is 9.08 Å². The molecule has 0 saturated carbocycles. The highest BCUT2D eigenvalue weighted by molar-refractivity contribution is 7.80. The van der Waals surface area contributed by atoms with E-state index in [0.29, 0.717) is 0 Å². The number of hydrogen-bond donors (Lipinski definition) is 2. The quantitative estimate of drug-likeness (QED) is 0.108. The van der Waals surface area contributed by atoms with Gasteiger partial charge in [-0.2, -0.15) is 0 Å². The normalized spacial score (nSPS) is 18.4. The first kappa shape index (κ1) is 35.8. The standard InChI is InChI=1S/C27H57N3.CH4O4S/c1-3-4-5-6-7-8-9-10-11-12-13-14-15-16-17-18-19-20-21-22-27-29(2)25-26-30(27)24-23-28;1-5-6(2,3)4/h27H,3-26,28H2,1-2H3;1H3,(H,2,3,4). The first-order valence-corrected chi connectivity index (χ1v) is 16.4. The van der Waals surface area contributed by atoms with E-state index in [1.165, 1.54) is 142 Å². The molecule has 1 rings (SSSR count). The fourth-order valence-corrected chi connectivity index (χ4v) is 5.27. The minimum absolute atomic E-state index is 0.736. The lowest BCUT2D eigenvalue weighted by Crippen LogP contribution is -3.15. The summed E-state index contributed by atoms with van der Waals surface area (Å²) in [5.74, 6) is 0. The molecule has 2 unspecified atom stereocenters. The van der Waals surface area contributed by atoms with Crippen molar-refractivity contribution in [1.29, 1.82) is 0 Å². The van der Waals surface area contributed by atoms with E-state index in [-0.39, 0.29) is 0 Å². The van der Waals surface area contributed by atoms with Crippen molar-refractivity contribution in [3.63, 3.8) is 0 Å². The molecule has 0 bridgehead atoms. The van der Waals surface area contributed by atoms with Crippen LogP contribution in [0.3, 0.4) is 0 Å².